The molecule has 0 bridgehead atoms. The Kier molecular flexibility index (Phi) is 59.9. The van der Waals surface area contributed by atoms with Crippen molar-refractivity contribution in [3.63, 3.8) is 0 Å². The Morgan fingerprint density at radius 3 is 1.44 bits per heavy atom. The number of aliphatic carboxylic acids is 1. The number of nitrogens with one attached hydrogen (secondary N) is 1. The van der Waals surface area contributed by atoms with Crippen LogP contribution >= 0.6 is 39.1 Å². The molecule has 18 N–H and O–H groups in total. The average molecular weight is 1950 g/mol. The Labute approximate surface area is 788 Å². The number of halogens is 10. The standard InChI is InChI=1S/C14H20FNO2.C13H16FN3.C13H20O3.C12H16ClFN2.C12H15FO5.C11H14BrFN2O.C11H14ClFN2O.C11H15FN2O/c1-11(16)2-7-14(17)13-5-3-12(4-6-13)10-18-9-8-15;1-10(15)16-9-11-2-3-13-12(8-11)4-6-17(13)7-5-14;1-3-4-5-9(2)13(16)10-6-7-11(14)12(15)8-10;1-9(15)16-8-10-4-5-11(3-2-6-14)12(13)7-10;1-7(12(16)17)4-8-5-9(14)11(10(15)6-8)18-3-2-13;2*1-8(14)15-7-9-2-3-11(10(12)6-9)16-5-4-13;1-9(13)14-8-10-2-4-11(5-3-10)15-7-6-12/h3-6,14,16-17H,2,7-10H2,1H3;2-4,6,8H,5,7,9H2,1H3,(H2,15,16);6-9,13-16H,3-5H2,1-2H3;4-5,7H,2-3,6,8H2,1H3,(H2,15,16);5-7,14-15H,2-4H2,1H3,(H,16,17);2*2-3,6H,4-5,7H2,1H3,(H2,14,15);2-5H,6-8H2,1H3,(H2,13,14)/i15-1;14-1;;14-1;3*13-1;12-1. The van der Waals surface area contributed by atoms with Gasteiger partial charge in [-0.3, -0.25) is 34.1 Å². The van der Waals surface area contributed by atoms with E-state index in [2.05, 4.69) is 53.9 Å². The number of aliphatic imine (C=N–C) groups is 5. The van der Waals surface area contributed by atoms with Crippen molar-refractivity contribution < 1.29 is 95.0 Å². The van der Waals surface area contributed by atoms with E-state index < -0.39 is 57.5 Å². The highest BCUT2D eigenvalue weighted by molar-refractivity contribution is 9.10. The Balaban J connectivity index is 0.000000511. The van der Waals surface area contributed by atoms with E-state index in [0.717, 1.165) is 79.1 Å². The van der Waals surface area contributed by atoms with Crippen LogP contribution < -0.4 is 47.6 Å². The molecule has 0 fully saturated rings. The number of phenols is 4. The molecule has 35 heteroatoms. The molecule has 0 aliphatic rings. The van der Waals surface area contributed by atoms with Crippen LogP contribution in [0.4, 0.5) is 30.7 Å². The number of carboxylic acid groups (broad SMARTS) is 1. The first-order valence-corrected chi connectivity index (χ1v) is 44.1. The van der Waals surface area contributed by atoms with Gasteiger partial charge in [0.2, 0.25) is 5.75 Å². The highest BCUT2D eigenvalue weighted by Crippen LogP contribution is 2.38. The first-order valence-electron chi connectivity index (χ1n) is 42.6. The third-order valence-electron chi connectivity index (χ3n) is 18.3. The number of fused-ring (bicyclic) bond motifs is 1. The van der Waals surface area contributed by atoms with Crippen molar-refractivity contribution in [3.8, 4) is 46.0 Å². The summed E-state index contributed by atoms with van der Waals surface area (Å²) in [6, 6.07) is 46.5. The molecule has 726 valence electrons. The summed E-state index contributed by atoms with van der Waals surface area (Å²) in [5.74, 6) is 1.91. The molecule has 4 unspecified atom stereocenters. The number of aromatic hydroxyl groups is 4. The number of carbonyl (C=O) groups is 1. The minimum absolute atomic E-state index is 0.0130. The number of hydrogen-bond acceptors (Lipinski definition) is 18. The molecule has 0 aliphatic carbocycles. The first-order chi connectivity index (χ1) is 63.0. The molecule has 1 aromatic heterocycles. The molecule has 9 rings (SSSR count). The number of rotatable bonds is 43. The zero-order valence-electron chi connectivity index (χ0n) is 76.4. The van der Waals surface area contributed by atoms with Gasteiger partial charge in [0.25, 0.3) is 0 Å². The van der Waals surface area contributed by atoms with Gasteiger partial charge in [0.1, 0.15) is 83.7 Å². The number of aromatic nitrogens is 1. The van der Waals surface area contributed by atoms with Gasteiger partial charge in [-0.25, -0.2) is 26.3 Å². The minimum Gasteiger partial charge on any atom is -0.504 e. The van der Waals surface area contributed by atoms with Crippen LogP contribution in [0.2, 0.25) is 10.0 Å². The Bertz CT molecular complexity index is 4770. The summed E-state index contributed by atoms with van der Waals surface area (Å²) in [5, 5.41) is 76.0. The fourth-order valence-corrected chi connectivity index (χ4v) is 12.5. The fraction of sp³-hybridized carbons (Fsp3) is 0.412. The molecule has 0 aliphatic heterocycles. The van der Waals surface area contributed by atoms with Crippen LogP contribution in [0, 0.1) is 17.2 Å². The first kappa shape index (κ1) is 117. The van der Waals surface area contributed by atoms with Crippen molar-refractivity contribution in [2.24, 2.45) is 65.5 Å². The Hall–Kier alpha value is -11.4. The largest absolute Gasteiger partial charge is 0.504 e. The number of aryl methyl sites for hydroxylation is 2. The van der Waals surface area contributed by atoms with E-state index in [4.69, 9.17) is 86.1 Å². The molecule has 132 heavy (non-hydrogen) atoms. The quantitative estimate of drug-likeness (QED) is 0.00555. The molecule has 25 nitrogen and oxygen atoms in total. The number of phenolic OH excluding ortho intramolecular Hbond substituents is 4. The molecule has 0 amide bonds. The number of hydrogen-bond donors (Lipinski definition) is 13. The maximum Gasteiger partial charge on any atom is 0.306 e. The van der Waals surface area contributed by atoms with Crippen LogP contribution in [-0.2, 0) is 68.2 Å². The highest BCUT2D eigenvalue weighted by Gasteiger charge is 2.19. The highest BCUT2D eigenvalue weighted by atomic mass is 79.9. The third-order valence-corrected chi connectivity index (χ3v) is 19.5. The summed E-state index contributed by atoms with van der Waals surface area (Å²) in [7, 11) is 0. The van der Waals surface area contributed by atoms with Gasteiger partial charge in [-0.15, -0.1) is 0 Å². The van der Waals surface area contributed by atoms with Crippen LogP contribution in [0.15, 0.2) is 193 Å². The number of aliphatic hydroxyl groups excluding tert-OH is 2. The normalized spacial score (nSPS) is 12.2. The number of nitrogens with two attached hydrogens (primary N) is 5. The summed E-state index contributed by atoms with van der Waals surface area (Å²) in [6.07, 6.45) is 6.46. The maximum atomic E-state index is 12.3. The van der Waals surface area contributed by atoms with Crippen LogP contribution in [-0.4, -0.2) is 161 Å². The van der Waals surface area contributed by atoms with Crippen LogP contribution in [0.3, 0.4) is 0 Å². The number of amidine groups is 5. The average Bonchev–Trinajstić information content (AvgIpc) is 1.67. The molecular weight excluding hydrogens is 1820 g/mol. The van der Waals surface area contributed by atoms with Gasteiger partial charge in [0.15, 0.2) is 23.0 Å². The molecule has 1 heterocycles. The van der Waals surface area contributed by atoms with Gasteiger partial charge in [-0.2, -0.15) is 0 Å². The summed E-state index contributed by atoms with van der Waals surface area (Å²) >= 11 is 15.4. The van der Waals surface area contributed by atoms with Crippen molar-refractivity contribution in [2.75, 3.05) is 79.8 Å². The monoisotopic (exact) mass is 1950 g/mol. The molecule has 0 radical (unpaired) electrons. The second kappa shape index (κ2) is 67.8. The topological polar surface area (TPSA) is 426 Å². The smallest absolute Gasteiger partial charge is 0.306 e. The lowest BCUT2D eigenvalue weighted by atomic mass is 9.93. The van der Waals surface area contributed by atoms with E-state index in [0.29, 0.717) is 145 Å². The number of aliphatic hydroxyl groups is 2. The van der Waals surface area contributed by atoms with E-state index in [9.17, 15) is 66.2 Å². The van der Waals surface area contributed by atoms with Crippen molar-refractivity contribution in [3.05, 3.63) is 234 Å². The number of nitrogens with zero attached hydrogens (tertiary/aromatic N) is 6. The minimum atomic E-state index is -0.966. The van der Waals surface area contributed by atoms with E-state index >= 15 is 0 Å². The summed E-state index contributed by atoms with van der Waals surface area (Å²) in [5.41, 5.74) is 37.9. The molecule has 8 aromatic carbocycles. The van der Waals surface area contributed by atoms with Gasteiger partial charge in [-0.05, 0) is 248 Å². The summed E-state index contributed by atoms with van der Waals surface area (Å²) < 4.78 is 112. The molecule has 0 saturated carbocycles. The van der Waals surface area contributed by atoms with Crippen LogP contribution in [0.25, 0.3) is 10.9 Å². The molecule has 0 saturated heterocycles. The van der Waals surface area contributed by atoms with E-state index in [1.807, 2.05) is 109 Å². The summed E-state index contributed by atoms with van der Waals surface area (Å²) in [4.78, 5) is 31.2. The van der Waals surface area contributed by atoms with Gasteiger partial charge >= 0.3 is 5.97 Å². The van der Waals surface area contributed by atoms with Gasteiger partial charge < -0.3 is 98.1 Å². The van der Waals surface area contributed by atoms with Gasteiger partial charge in [0, 0.05) is 22.4 Å². The number of alkyl halides is 7. The summed E-state index contributed by atoms with van der Waals surface area (Å²) in [6.45, 7) is 16.2. The molecular formula is C97H130BrCl2F7N12O13. The lowest BCUT2D eigenvalue weighted by Crippen LogP contribution is -2.12. The van der Waals surface area contributed by atoms with E-state index in [-0.39, 0.29) is 87.5 Å². The second-order valence-corrected chi connectivity index (χ2v) is 31.6. The number of benzene rings is 8. The van der Waals surface area contributed by atoms with Crippen molar-refractivity contribution in [1.82, 2.24) is 4.57 Å². The van der Waals surface area contributed by atoms with Crippen molar-refractivity contribution >= 4 is 90.9 Å². The zero-order valence-corrected chi connectivity index (χ0v) is 79.5. The fourth-order valence-electron chi connectivity index (χ4n) is 11.4. The van der Waals surface area contributed by atoms with Gasteiger partial charge in [-0.1, -0.05) is 130 Å². The molecule has 9 aromatic rings. The molecule has 0 spiro atoms. The lowest BCUT2D eigenvalue weighted by molar-refractivity contribution is -0.141. The predicted molar refractivity (Wildman–Crippen MR) is 520 cm³/mol. The maximum absolute atomic E-state index is 12.3. The van der Waals surface area contributed by atoms with Crippen LogP contribution in [0.5, 0.6) is 46.0 Å². The predicted octanol–water partition coefficient (Wildman–Crippen LogP) is 20.5. The Morgan fingerprint density at radius 2 is 0.955 bits per heavy atom. The number of ether oxygens (including phenoxy) is 5. The number of carboxylic acids is 1. The second-order valence-electron chi connectivity index (χ2n) is 30.0. The van der Waals surface area contributed by atoms with Crippen molar-refractivity contribution in [2.45, 2.75) is 172 Å². The molecule has 4 atom stereocenters. The van der Waals surface area contributed by atoms with Gasteiger partial charge in [0.05, 0.1) is 116 Å². The van der Waals surface area contributed by atoms with Crippen LogP contribution in [0.1, 0.15) is 169 Å². The zero-order chi connectivity index (χ0) is 98.5. The van der Waals surface area contributed by atoms with E-state index in [1.54, 1.807) is 77.9 Å². The van der Waals surface area contributed by atoms with Crippen molar-refractivity contribution in [1.29, 1.82) is 5.41 Å². The third kappa shape index (κ3) is 50.3. The lowest BCUT2D eigenvalue weighted by Gasteiger charge is -2.19. The van der Waals surface area contributed by atoms with E-state index in [1.165, 1.54) is 31.2 Å². The Morgan fingerprint density at radius 1 is 0.485 bits per heavy atom. The SMILES string of the molecule is CC(=N)CCC(O)c1ccc(COCC[18F])cc1.CC(Cc1cc(O)c(OCC[18F])c(O)c1)C(=O)O.CC(N)=NCc1ccc(CCC[18F])c(Cl)c1.CC(N)=NCc1ccc(OCC[18F])c(Br)c1.CC(N)=NCc1ccc(OCC[18F])c(Cl)c1.CC(N)=NCc1ccc(OCC[18F])cc1.CC(N)=NCc1ccc2c(ccn2CC[18F])c1.CCCCC(C)C(O)c1ccc(O)c(O)c1. The number of unbranched alkanes of at least 4 members (excludes halogenated alkanes) is 1.